The Morgan fingerprint density at radius 2 is 1.73 bits per heavy atom. The van der Waals surface area contributed by atoms with Crippen LogP contribution in [0.15, 0.2) is 60.7 Å². The van der Waals surface area contributed by atoms with Gasteiger partial charge in [0.05, 0.1) is 12.7 Å². The molecule has 0 aromatic heterocycles. The van der Waals surface area contributed by atoms with E-state index in [4.69, 9.17) is 14.2 Å². The molecule has 2 heterocycles. The van der Waals surface area contributed by atoms with Crippen molar-refractivity contribution in [1.29, 1.82) is 0 Å². The SMILES string of the molecule is COC1=C(c2ccc(O)cc2C)C(c2ccc(OC[C@H](C)N3CC[C@@H](C)C3)cc2)Oc2ccc(O)cc21. The molecular formula is C31H35NO5. The molecule has 0 aliphatic carbocycles. The Balaban J connectivity index is 1.46. The number of phenols is 2. The van der Waals surface area contributed by atoms with Crippen LogP contribution in [0.2, 0.25) is 0 Å². The zero-order chi connectivity index (χ0) is 26.1. The van der Waals surface area contributed by atoms with Gasteiger partial charge in [-0.15, -0.1) is 0 Å². The number of rotatable bonds is 7. The monoisotopic (exact) mass is 501 g/mol. The fourth-order valence-corrected chi connectivity index (χ4v) is 5.35. The van der Waals surface area contributed by atoms with Gasteiger partial charge in [-0.05, 0) is 91.9 Å². The van der Waals surface area contributed by atoms with Crippen LogP contribution in [0.5, 0.6) is 23.0 Å². The van der Waals surface area contributed by atoms with Gasteiger partial charge < -0.3 is 24.4 Å². The molecule has 0 radical (unpaired) electrons. The summed E-state index contributed by atoms with van der Waals surface area (Å²) >= 11 is 0. The molecule has 6 heteroatoms. The van der Waals surface area contributed by atoms with Crippen molar-refractivity contribution in [1.82, 2.24) is 4.90 Å². The summed E-state index contributed by atoms with van der Waals surface area (Å²) in [6, 6.07) is 18.7. The van der Waals surface area contributed by atoms with E-state index >= 15 is 0 Å². The van der Waals surface area contributed by atoms with Crippen molar-refractivity contribution in [3.63, 3.8) is 0 Å². The number of likely N-dealkylation sites (tertiary alicyclic amines) is 1. The highest BCUT2D eigenvalue weighted by atomic mass is 16.5. The van der Waals surface area contributed by atoms with Crippen molar-refractivity contribution >= 4 is 11.3 Å². The van der Waals surface area contributed by atoms with Gasteiger partial charge in [-0.1, -0.05) is 25.1 Å². The van der Waals surface area contributed by atoms with Gasteiger partial charge in [0.15, 0.2) is 6.10 Å². The van der Waals surface area contributed by atoms with Gasteiger partial charge >= 0.3 is 0 Å². The molecule has 3 atom stereocenters. The zero-order valence-electron chi connectivity index (χ0n) is 21.9. The molecule has 0 saturated carbocycles. The Morgan fingerprint density at radius 3 is 2.41 bits per heavy atom. The lowest BCUT2D eigenvalue weighted by Crippen LogP contribution is -2.35. The first-order valence-electron chi connectivity index (χ1n) is 12.9. The molecule has 0 spiro atoms. The molecule has 3 aromatic rings. The van der Waals surface area contributed by atoms with E-state index in [-0.39, 0.29) is 11.5 Å². The fraction of sp³-hybridized carbons (Fsp3) is 0.355. The van der Waals surface area contributed by atoms with Gasteiger partial charge in [0.1, 0.15) is 35.4 Å². The lowest BCUT2D eigenvalue weighted by Gasteiger charge is -2.32. The minimum atomic E-state index is -0.450. The molecule has 2 aliphatic rings. The predicted molar refractivity (Wildman–Crippen MR) is 145 cm³/mol. The Kier molecular flexibility index (Phi) is 7.02. The third-order valence-electron chi connectivity index (χ3n) is 7.42. The van der Waals surface area contributed by atoms with E-state index in [1.165, 1.54) is 6.42 Å². The molecule has 2 aliphatic heterocycles. The number of benzene rings is 3. The third kappa shape index (κ3) is 5.12. The minimum Gasteiger partial charge on any atom is -0.508 e. The summed E-state index contributed by atoms with van der Waals surface area (Å²) in [6.45, 7) is 9.39. The number of aryl methyl sites for hydroxylation is 1. The summed E-state index contributed by atoms with van der Waals surface area (Å²) < 4.78 is 18.6. The van der Waals surface area contributed by atoms with Crippen molar-refractivity contribution < 1.29 is 24.4 Å². The number of aromatic hydroxyl groups is 2. The standard InChI is InChI=1S/C31H35NO5/c1-19-13-14-32(17-19)21(3)18-36-25-9-5-22(6-10-25)30-29(26-11-7-23(33)15-20(26)2)31(35-4)27-16-24(34)8-12-28(27)37-30/h5-12,15-16,19,21,30,33-34H,13-14,17-18H2,1-4H3/t19-,21+,30?/m1/s1. The van der Waals surface area contributed by atoms with Crippen molar-refractivity contribution in [3.05, 3.63) is 82.9 Å². The average Bonchev–Trinajstić information content (AvgIpc) is 3.33. The van der Waals surface area contributed by atoms with Crippen molar-refractivity contribution in [3.8, 4) is 23.0 Å². The van der Waals surface area contributed by atoms with E-state index in [0.717, 1.165) is 47.0 Å². The lowest BCUT2D eigenvalue weighted by atomic mass is 9.87. The Labute approximate surface area is 218 Å². The predicted octanol–water partition coefficient (Wildman–Crippen LogP) is 6.16. The summed E-state index contributed by atoms with van der Waals surface area (Å²) in [5.41, 5.74) is 4.27. The lowest BCUT2D eigenvalue weighted by molar-refractivity contribution is 0.169. The maximum atomic E-state index is 10.2. The van der Waals surface area contributed by atoms with Gasteiger partial charge in [0, 0.05) is 18.2 Å². The van der Waals surface area contributed by atoms with Crippen LogP contribution in [-0.2, 0) is 4.74 Å². The van der Waals surface area contributed by atoms with Crippen LogP contribution in [0.25, 0.3) is 11.3 Å². The fourth-order valence-electron chi connectivity index (χ4n) is 5.35. The van der Waals surface area contributed by atoms with Crippen LogP contribution in [0.4, 0.5) is 0 Å². The molecular weight excluding hydrogens is 466 g/mol. The molecule has 3 aromatic carbocycles. The summed E-state index contributed by atoms with van der Waals surface area (Å²) in [7, 11) is 1.63. The molecule has 5 rings (SSSR count). The van der Waals surface area contributed by atoms with Crippen molar-refractivity contribution in [2.45, 2.75) is 39.3 Å². The molecule has 1 saturated heterocycles. The summed E-state index contributed by atoms with van der Waals surface area (Å²) in [4.78, 5) is 2.49. The van der Waals surface area contributed by atoms with E-state index in [2.05, 4.69) is 18.7 Å². The summed E-state index contributed by atoms with van der Waals surface area (Å²) in [6.07, 6.45) is 0.803. The third-order valence-corrected chi connectivity index (χ3v) is 7.42. The first-order valence-corrected chi connectivity index (χ1v) is 12.9. The molecule has 0 bridgehead atoms. The van der Waals surface area contributed by atoms with E-state index in [0.29, 0.717) is 29.7 Å². The largest absolute Gasteiger partial charge is 0.508 e. The number of nitrogens with zero attached hydrogens (tertiary/aromatic N) is 1. The van der Waals surface area contributed by atoms with Gasteiger partial charge in [0.2, 0.25) is 0 Å². The zero-order valence-corrected chi connectivity index (χ0v) is 21.9. The Bertz CT molecular complexity index is 1300. The number of ether oxygens (including phenoxy) is 3. The normalized spacial score (nSPS) is 20.3. The number of phenolic OH excluding ortho intramolecular Hbond substituents is 2. The minimum absolute atomic E-state index is 0.135. The van der Waals surface area contributed by atoms with Gasteiger partial charge in [-0.3, -0.25) is 4.90 Å². The van der Waals surface area contributed by atoms with Crippen molar-refractivity contribution in [2.75, 3.05) is 26.8 Å². The maximum Gasteiger partial charge on any atom is 0.153 e. The van der Waals surface area contributed by atoms with Gasteiger partial charge in [-0.2, -0.15) is 0 Å². The van der Waals surface area contributed by atoms with Crippen LogP contribution < -0.4 is 9.47 Å². The second-order valence-electron chi connectivity index (χ2n) is 10.2. The van der Waals surface area contributed by atoms with Crippen molar-refractivity contribution in [2.24, 2.45) is 5.92 Å². The molecule has 37 heavy (non-hydrogen) atoms. The molecule has 2 N–H and O–H groups in total. The first kappa shape index (κ1) is 25.0. The number of hydrogen-bond acceptors (Lipinski definition) is 6. The first-order chi connectivity index (χ1) is 17.8. The van der Waals surface area contributed by atoms with Crippen LogP contribution in [0.1, 0.15) is 48.6 Å². The molecule has 1 fully saturated rings. The quantitative estimate of drug-likeness (QED) is 0.404. The summed E-state index contributed by atoms with van der Waals surface area (Å²) in [5, 5.41) is 20.2. The van der Waals surface area contributed by atoms with Crippen LogP contribution >= 0.6 is 0 Å². The number of hydrogen-bond donors (Lipinski definition) is 2. The molecule has 6 nitrogen and oxygen atoms in total. The average molecular weight is 502 g/mol. The maximum absolute atomic E-state index is 10.2. The topological polar surface area (TPSA) is 71.4 Å². The number of fused-ring (bicyclic) bond motifs is 1. The van der Waals surface area contributed by atoms with Gasteiger partial charge in [-0.25, -0.2) is 0 Å². The Hall–Kier alpha value is -3.64. The highest BCUT2D eigenvalue weighted by Crippen LogP contribution is 2.48. The van der Waals surface area contributed by atoms with E-state index in [1.54, 1.807) is 37.4 Å². The second kappa shape index (κ2) is 10.4. The van der Waals surface area contributed by atoms with E-state index in [1.807, 2.05) is 37.3 Å². The van der Waals surface area contributed by atoms with Gasteiger partial charge in [0.25, 0.3) is 0 Å². The van der Waals surface area contributed by atoms with Crippen LogP contribution in [0.3, 0.4) is 0 Å². The summed E-state index contributed by atoms with van der Waals surface area (Å²) in [5.74, 6) is 3.17. The van der Waals surface area contributed by atoms with Crippen LogP contribution in [-0.4, -0.2) is 48.0 Å². The molecule has 0 amide bonds. The molecule has 194 valence electrons. The molecule has 1 unspecified atom stereocenters. The second-order valence-corrected chi connectivity index (χ2v) is 10.2. The number of methoxy groups -OCH3 is 1. The smallest absolute Gasteiger partial charge is 0.153 e. The van der Waals surface area contributed by atoms with E-state index in [9.17, 15) is 10.2 Å². The Morgan fingerprint density at radius 1 is 1.00 bits per heavy atom. The van der Waals surface area contributed by atoms with E-state index < -0.39 is 6.10 Å². The highest BCUT2D eigenvalue weighted by molar-refractivity contribution is 5.94. The van der Waals surface area contributed by atoms with Crippen LogP contribution in [0, 0.1) is 12.8 Å². The highest BCUT2D eigenvalue weighted by Gasteiger charge is 2.33.